The zero-order chi connectivity index (χ0) is 13.4. The van der Waals surface area contributed by atoms with Crippen molar-refractivity contribution < 1.29 is 9.13 Å². The highest BCUT2D eigenvalue weighted by Crippen LogP contribution is 2.12. The lowest BCUT2D eigenvalue weighted by atomic mass is 10.1. The minimum atomic E-state index is -0.227. The maximum atomic E-state index is 12.8. The Kier molecular flexibility index (Phi) is 6.86. The van der Waals surface area contributed by atoms with Gasteiger partial charge in [0.15, 0.2) is 0 Å². The van der Waals surface area contributed by atoms with Gasteiger partial charge in [0.25, 0.3) is 0 Å². The molecule has 1 rings (SSSR count). The Labute approximate surface area is 109 Å². The van der Waals surface area contributed by atoms with Crippen LogP contribution in [0.5, 0.6) is 0 Å². The van der Waals surface area contributed by atoms with Gasteiger partial charge in [0.05, 0.1) is 6.61 Å². The number of halogens is 1. The van der Waals surface area contributed by atoms with E-state index in [0.717, 1.165) is 38.4 Å². The molecule has 1 aromatic rings. The molecule has 0 spiro atoms. The largest absolute Gasteiger partial charge is 0.380 e. The van der Waals surface area contributed by atoms with Crippen molar-refractivity contribution in [1.29, 1.82) is 0 Å². The highest BCUT2D eigenvalue weighted by Gasteiger charge is 2.11. The fourth-order valence-corrected chi connectivity index (χ4v) is 1.81. The van der Waals surface area contributed by atoms with Crippen LogP contribution in [-0.4, -0.2) is 37.7 Å². The van der Waals surface area contributed by atoms with Crippen LogP contribution in [0, 0.1) is 5.82 Å². The van der Waals surface area contributed by atoms with E-state index in [2.05, 4.69) is 11.8 Å². The first-order chi connectivity index (χ1) is 8.67. The van der Waals surface area contributed by atoms with Gasteiger partial charge in [0.1, 0.15) is 5.82 Å². The quantitative estimate of drug-likeness (QED) is 0.723. The van der Waals surface area contributed by atoms with Crippen molar-refractivity contribution in [2.75, 3.05) is 32.8 Å². The maximum Gasteiger partial charge on any atom is 0.123 e. The Bertz CT molecular complexity index is 329. The maximum absolute atomic E-state index is 12.8. The third kappa shape index (κ3) is 5.12. The molecule has 2 N–H and O–H groups in total. The van der Waals surface area contributed by atoms with E-state index >= 15 is 0 Å². The Hall–Kier alpha value is -0.970. The summed E-state index contributed by atoms with van der Waals surface area (Å²) in [6.07, 6.45) is 0. The molecule has 3 nitrogen and oxygen atoms in total. The lowest BCUT2D eigenvalue weighted by Gasteiger charge is -2.24. The Balaban J connectivity index is 2.45. The van der Waals surface area contributed by atoms with Crippen molar-refractivity contribution in [3.8, 4) is 0 Å². The fourth-order valence-electron chi connectivity index (χ4n) is 1.81. The molecule has 0 heterocycles. The first-order valence-electron chi connectivity index (χ1n) is 6.48. The number of rotatable bonds is 8. The van der Waals surface area contributed by atoms with Crippen molar-refractivity contribution in [3.63, 3.8) is 0 Å². The number of hydrogen-bond acceptors (Lipinski definition) is 3. The molecule has 0 aliphatic rings. The van der Waals surface area contributed by atoms with E-state index in [1.165, 1.54) is 12.1 Å². The third-order valence-electron chi connectivity index (χ3n) is 2.96. The molecule has 0 radical (unpaired) electrons. The van der Waals surface area contributed by atoms with E-state index in [0.29, 0.717) is 0 Å². The molecule has 0 saturated heterocycles. The highest BCUT2D eigenvalue weighted by atomic mass is 19.1. The first-order valence-corrected chi connectivity index (χ1v) is 6.48. The number of likely N-dealkylation sites (N-methyl/N-ethyl adjacent to an activating group) is 1. The van der Waals surface area contributed by atoms with Gasteiger partial charge in [-0.25, -0.2) is 4.39 Å². The van der Waals surface area contributed by atoms with E-state index in [-0.39, 0.29) is 11.9 Å². The summed E-state index contributed by atoms with van der Waals surface area (Å²) in [7, 11) is 0. The Morgan fingerprint density at radius 3 is 2.50 bits per heavy atom. The van der Waals surface area contributed by atoms with E-state index < -0.39 is 0 Å². The summed E-state index contributed by atoms with van der Waals surface area (Å²) in [5.41, 5.74) is 7.08. The topological polar surface area (TPSA) is 38.5 Å². The van der Waals surface area contributed by atoms with Crippen LogP contribution in [-0.2, 0) is 4.74 Å². The van der Waals surface area contributed by atoms with Crippen LogP contribution in [0.3, 0.4) is 0 Å². The van der Waals surface area contributed by atoms with Crippen LogP contribution in [0.1, 0.15) is 25.5 Å². The van der Waals surface area contributed by atoms with Gasteiger partial charge in [-0.05, 0) is 31.2 Å². The van der Waals surface area contributed by atoms with Crippen LogP contribution in [0.25, 0.3) is 0 Å². The summed E-state index contributed by atoms with van der Waals surface area (Å²) in [4.78, 5) is 2.24. The molecule has 0 bridgehead atoms. The number of ether oxygens (including phenoxy) is 1. The van der Waals surface area contributed by atoms with Crippen LogP contribution < -0.4 is 5.73 Å². The van der Waals surface area contributed by atoms with Gasteiger partial charge in [-0.15, -0.1) is 0 Å². The Morgan fingerprint density at radius 1 is 1.28 bits per heavy atom. The van der Waals surface area contributed by atoms with Crippen molar-refractivity contribution in [2.24, 2.45) is 5.73 Å². The van der Waals surface area contributed by atoms with Gasteiger partial charge in [0, 0.05) is 25.7 Å². The predicted octanol–water partition coefficient (Wildman–Crippen LogP) is 2.18. The van der Waals surface area contributed by atoms with E-state index in [9.17, 15) is 4.39 Å². The number of hydrogen-bond donors (Lipinski definition) is 1. The molecule has 0 fully saturated rings. The van der Waals surface area contributed by atoms with Crippen molar-refractivity contribution in [2.45, 2.75) is 19.9 Å². The summed E-state index contributed by atoms with van der Waals surface area (Å²) in [6.45, 7) is 8.11. The minimum Gasteiger partial charge on any atom is -0.380 e. The molecular formula is C14H23FN2O. The lowest BCUT2D eigenvalue weighted by molar-refractivity contribution is 0.113. The summed E-state index contributed by atoms with van der Waals surface area (Å²) in [5, 5.41) is 0. The molecule has 1 atom stereocenters. The van der Waals surface area contributed by atoms with Crippen molar-refractivity contribution in [3.05, 3.63) is 35.6 Å². The molecule has 0 saturated carbocycles. The number of nitrogens with zero attached hydrogens (tertiary/aromatic N) is 1. The molecule has 0 amide bonds. The molecule has 0 aromatic heterocycles. The van der Waals surface area contributed by atoms with Gasteiger partial charge in [0.2, 0.25) is 0 Å². The van der Waals surface area contributed by atoms with Gasteiger partial charge in [-0.3, -0.25) is 4.90 Å². The van der Waals surface area contributed by atoms with Crippen molar-refractivity contribution in [1.82, 2.24) is 4.90 Å². The zero-order valence-corrected chi connectivity index (χ0v) is 11.2. The summed E-state index contributed by atoms with van der Waals surface area (Å²) in [6, 6.07) is 6.30. The van der Waals surface area contributed by atoms with Gasteiger partial charge in [-0.2, -0.15) is 0 Å². The molecule has 18 heavy (non-hydrogen) atoms. The van der Waals surface area contributed by atoms with Gasteiger partial charge >= 0.3 is 0 Å². The van der Waals surface area contributed by atoms with Gasteiger partial charge < -0.3 is 10.5 Å². The molecule has 4 heteroatoms. The lowest BCUT2D eigenvalue weighted by Crippen LogP contribution is -2.34. The van der Waals surface area contributed by atoms with E-state index in [4.69, 9.17) is 10.5 Å². The third-order valence-corrected chi connectivity index (χ3v) is 2.96. The summed E-state index contributed by atoms with van der Waals surface area (Å²) in [5.74, 6) is -0.227. The average molecular weight is 254 g/mol. The average Bonchev–Trinajstić information content (AvgIpc) is 2.38. The number of benzene rings is 1. The molecular weight excluding hydrogens is 231 g/mol. The first kappa shape index (κ1) is 15.1. The summed E-state index contributed by atoms with van der Waals surface area (Å²) >= 11 is 0. The van der Waals surface area contributed by atoms with Crippen LogP contribution in [0.15, 0.2) is 24.3 Å². The normalized spacial score (nSPS) is 12.9. The van der Waals surface area contributed by atoms with E-state index in [1.807, 2.05) is 6.92 Å². The molecule has 0 aliphatic carbocycles. The standard InChI is InChI=1S/C14H23FN2O/c1-3-17(9-10-18-4-2)11-14(16)12-5-7-13(15)8-6-12/h5-8,14H,3-4,9-11,16H2,1-2H3. The second kappa shape index (κ2) is 8.19. The monoisotopic (exact) mass is 254 g/mol. The smallest absolute Gasteiger partial charge is 0.123 e. The van der Waals surface area contributed by atoms with E-state index in [1.54, 1.807) is 12.1 Å². The van der Waals surface area contributed by atoms with Crippen LogP contribution in [0.4, 0.5) is 4.39 Å². The molecule has 102 valence electrons. The number of nitrogens with two attached hydrogens (primary N) is 1. The molecule has 1 aromatic carbocycles. The van der Waals surface area contributed by atoms with Crippen molar-refractivity contribution >= 4 is 0 Å². The SMILES string of the molecule is CCOCCN(CC)CC(N)c1ccc(F)cc1. The molecule has 0 aliphatic heterocycles. The zero-order valence-electron chi connectivity index (χ0n) is 11.2. The Morgan fingerprint density at radius 2 is 1.94 bits per heavy atom. The summed E-state index contributed by atoms with van der Waals surface area (Å²) < 4.78 is 18.2. The van der Waals surface area contributed by atoms with Crippen LogP contribution in [0.2, 0.25) is 0 Å². The predicted molar refractivity (Wildman–Crippen MR) is 71.9 cm³/mol. The van der Waals surface area contributed by atoms with Crippen LogP contribution >= 0.6 is 0 Å². The molecule has 1 unspecified atom stereocenters. The second-order valence-electron chi connectivity index (χ2n) is 4.25. The highest BCUT2D eigenvalue weighted by molar-refractivity contribution is 5.19. The fraction of sp³-hybridized carbons (Fsp3) is 0.571. The minimum absolute atomic E-state index is 0.0906. The second-order valence-corrected chi connectivity index (χ2v) is 4.25. The van der Waals surface area contributed by atoms with Gasteiger partial charge in [-0.1, -0.05) is 19.1 Å².